The normalized spacial score (nSPS) is 21.4. The van der Waals surface area contributed by atoms with Crippen LogP contribution in [-0.4, -0.2) is 45.8 Å². The zero-order valence-corrected chi connectivity index (χ0v) is 13.5. The minimum absolute atomic E-state index is 0.134. The van der Waals surface area contributed by atoms with Crippen molar-refractivity contribution in [3.63, 3.8) is 0 Å². The number of amides is 2. The summed E-state index contributed by atoms with van der Waals surface area (Å²) in [6.45, 7) is 4.90. The monoisotopic (exact) mass is 318 g/mol. The Balaban J connectivity index is 1.88. The molecule has 1 saturated heterocycles. The number of hydrogen-bond acceptors (Lipinski definition) is 4. The van der Waals surface area contributed by atoms with Gasteiger partial charge in [0, 0.05) is 25.1 Å². The van der Waals surface area contributed by atoms with Crippen LogP contribution < -0.4 is 10.9 Å². The lowest BCUT2D eigenvalue weighted by Crippen LogP contribution is -2.57. The second-order valence-electron chi connectivity index (χ2n) is 6.73. The molecule has 124 valence electrons. The van der Waals surface area contributed by atoms with E-state index in [0.717, 1.165) is 12.8 Å². The smallest absolute Gasteiger partial charge is 0.273 e. The summed E-state index contributed by atoms with van der Waals surface area (Å²) in [5.41, 5.74) is -0.175. The van der Waals surface area contributed by atoms with E-state index in [1.165, 1.54) is 6.07 Å². The summed E-state index contributed by atoms with van der Waals surface area (Å²) < 4.78 is 0. The third-order valence-corrected chi connectivity index (χ3v) is 4.23. The Morgan fingerprint density at radius 1 is 1.39 bits per heavy atom. The van der Waals surface area contributed by atoms with E-state index < -0.39 is 6.04 Å². The molecule has 1 saturated carbocycles. The van der Waals surface area contributed by atoms with Gasteiger partial charge in [-0.2, -0.15) is 0 Å². The summed E-state index contributed by atoms with van der Waals surface area (Å²) >= 11 is 0. The van der Waals surface area contributed by atoms with E-state index in [-0.39, 0.29) is 34.9 Å². The molecule has 0 radical (unpaired) electrons. The van der Waals surface area contributed by atoms with Crippen molar-refractivity contribution in [2.24, 2.45) is 5.92 Å². The van der Waals surface area contributed by atoms with Crippen LogP contribution in [0, 0.1) is 5.92 Å². The van der Waals surface area contributed by atoms with Crippen molar-refractivity contribution in [3.05, 3.63) is 27.9 Å². The molecule has 7 heteroatoms. The van der Waals surface area contributed by atoms with Crippen LogP contribution in [0.2, 0.25) is 0 Å². The van der Waals surface area contributed by atoms with E-state index in [1.54, 1.807) is 4.90 Å². The average Bonchev–Trinajstić information content (AvgIpc) is 3.32. The van der Waals surface area contributed by atoms with Gasteiger partial charge in [0.1, 0.15) is 17.6 Å². The van der Waals surface area contributed by atoms with Gasteiger partial charge in [0.05, 0.1) is 0 Å². The Kier molecular flexibility index (Phi) is 4.19. The summed E-state index contributed by atoms with van der Waals surface area (Å²) in [6, 6.07) is 0.731. The number of nitrogens with zero attached hydrogens (tertiary/aromatic N) is 2. The Morgan fingerprint density at radius 2 is 2.13 bits per heavy atom. The molecule has 7 nitrogen and oxygen atoms in total. The molecule has 2 heterocycles. The maximum atomic E-state index is 12.8. The minimum Gasteiger partial charge on any atom is -0.353 e. The number of H-pyrrole nitrogens is 1. The van der Waals surface area contributed by atoms with Crippen LogP contribution in [0.4, 0.5) is 0 Å². The Labute approximate surface area is 134 Å². The number of carbonyl (C=O) groups is 2. The van der Waals surface area contributed by atoms with Gasteiger partial charge in [-0.25, -0.2) is 4.98 Å². The van der Waals surface area contributed by atoms with Gasteiger partial charge in [-0.15, -0.1) is 0 Å². The fourth-order valence-electron chi connectivity index (χ4n) is 2.92. The lowest BCUT2D eigenvalue weighted by molar-refractivity contribution is -0.128. The molecule has 0 aromatic carbocycles. The minimum atomic E-state index is -0.498. The highest BCUT2D eigenvalue weighted by molar-refractivity contribution is 5.96. The van der Waals surface area contributed by atoms with E-state index in [4.69, 9.17) is 0 Å². The molecule has 2 amide bonds. The van der Waals surface area contributed by atoms with Gasteiger partial charge in [-0.05, 0) is 25.2 Å². The largest absolute Gasteiger partial charge is 0.353 e. The molecule has 2 N–H and O–H groups in total. The summed E-state index contributed by atoms with van der Waals surface area (Å²) in [5, 5.41) is 2.80. The van der Waals surface area contributed by atoms with Crippen LogP contribution in [0.3, 0.4) is 0 Å². The lowest BCUT2D eigenvalue weighted by Gasteiger charge is -2.35. The molecule has 2 aliphatic rings. The SMILES string of the molecule is CC(C)CC1C(=O)NCCN1C(=O)c1cc(=O)[nH]c(C2CC2)n1. The highest BCUT2D eigenvalue weighted by atomic mass is 16.2. The molecule has 2 fully saturated rings. The standard InChI is InChI=1S/C16H22N4O3/c1-9(2)7-12-15(22)17-5-6-20(12)16(23)11-8-13(21)19-14(18-11)10-3-4-10/h8-10,12H,3-7H2,1-2H3,(H,17,22)(H,18,19,21). The Morgan fingerprint density at radius 3 is 2.78 bits per heavy atom. The molecule has 1 aromatic heterocycles. The van der Waals surface area contributed by atoms with Crippen LogP contribution >= 0.6 is 0 Å². The van der Waals surface area contributed by atoms with E-state index in [1.807, 2.05) is 13.8 Å². The second-order valence-corrected chi connectivity index (χ2v) is 6.73. The van der Waals surface area contributed by atoms with Gasteiger partial charge >= 0.3 is 0 Å². The molecule has 1 aromatic rings. The predicted octanol–water partition coefficient (Wildman–Crippen LogP) is 0.634. The van der Waals surface area contributed by atoms with Crippen molar-refractivity contribution in [2.45, 2.75) is 45.1 Å². The third-order valence-electron chi connectivity index (χ3n) is 4.23. The Hall–Kier alpha value is -2.18. The highest BCUT2D eigenvalue weighted by Crippen LogP contribution is 2.37. The van der Waals surface area contributed by atoms with E-state index in [9.17, 15) is 14.4 Å². The van der Waals surface area contributed by atoms with Crippen molar-refractivity contribution in [2.75, 3.05) is 13.1 Å². The molecule has 0 bridgehead atoms. The first-order valence-electron chi connectivity index (χ1n) is 8.15. The van der Waals surface area contributed by atoms with Crippen molar-refractivity contribution < 1.29 is 9.59 Å². The number of aromatic amines is 1. The van der Waals surface area contributed by atoms with E-state index >= 15 is 0 Å². The molecule has 3 rings (SSSR count). The fraction of sp³-hybridized carbons (Fsp3) is 0.625. The third kappa shape index (κ3) is 3.43. The summed E-state index contributed by atoms with van der Waals surface area (Å²) in [7, 11) is 0. The predicted molar refractivity (Wildman–Crippen MR) is 84.1 cm³/mol. The molecule has 23 heavy (non-hydrogen) atoms. The van der Waals surface area contributed by atoms with Crippen molar-refractivity contribution in [1.82, 2.24) is 20.2 Å². The van der Waals surface area contributed by atoms with Gasteiger partial charge in [0.15, 0.2) is 0 Å². The second kappa shape index (κ2) is 6.14. The average molecular weight is 318 g/mol. The van der Waals surface area contributed by atoms with Crippen LogP contribution in [0.15, 0.2) is 10.9 Å². The summed E-state index contributed by atoms with van der Waals surface area (Å²) in [5.74, 6) is 0.659. The topological polar surface area (TPSA) is 95.2 Å². The zero-order valence-electron chi connectivity index (χ0n) is 13.5. The summed E-state index contributed by atoms with van der Waals surface area (Å²) in [4.78, 5) is 45.3. The van der Waals surface area contributed by atoms with Crippen LogP contribution in [0.5, 0.6) is 0 Å². The molecule has 1 aliphatic heterocycles. The first kappa shape index (κ1) is 15.7. The lowest BCUT2D eigenvalue weighted by atomic mass is 9.99. The van der Waals surface area contributed by atoms with Gasteiger partial charge < -0.3 is 15.2 Å². The number of hydrogen-bond donors (Lipinski definition) is 2. The van der Waals surface area contributed by atoms with Crippen LogP contribution in [0.1, 0.15) is 55.3 Å². The number of piperazine rings is 1. The van der Waals surface area contributed by atoms with Crippen molar-refractivity contribution in [1.29, 1.82) is 0 Å². The molecular formula is C16H22N4O3. The van der Waals surface area contributed by atoms with Gasteiger partial charge in [-0.3, -0.25) is 14.4 Å². The highest BCUT2D eigenvalue weighted by Gasteiger charge is 2.35. The first-order chi connectivity index (χ1) is 11.0. The van der Waals surface area contributed by atoms with Crippen LogP contribution in [-0.2, 0) is 4.79 Å². The van der Waals surface area contributed by atoms with Crippen molar-refractivity contribution >= 4 is 11.8 Å². The fourth-order valence-corrected chi connectivity index (χ4v) is 2.92. The molecule has 0 spiro atoms. The molecule has 1 atom stereocenters. The maximum Gasteiger partial charge on any atom is 0.273 e. The van der Waals surface area contributed by atoms with Gasteiger partial charge in [-0.1, -0.05) is 13.8 Å². The number of carbonyl (C=O) groups excluding carboxylic acids is 2. The molecule has 1 aliphatic carbocycles. The number of nitrogens with one attached hydrogen (secondary N) is 2. The van der Waals surface area contributed by atoms with E-state index in [0.29, 0.717) is 25.3 Å². The maximum absolute atomic E-state index is 12.8. The zero-order chi connectivity index (χ0) is 16.6. The number of aromatic nitrogens is 2. The van der Waals surface area contributed by atoms with Gasteiger partial charge in [0.2, 0.25) is 5.91 Å². The molecular weight excluding hydrogens is 296 g/mol. The first-order valence-corrected chi connectivity index (χ1v) is 8.15. The number of rotatable bonds is 4. The Bertz CT molecular complexity index is 678. The van der Waals surface area contributed by atoms with Crippen LogP contribution in [0.25, 0.3) is 0 Å². The van der Waals surface area contributed by atoms with Crippen molar-refractivity contribution in [3.8, 4) is 0 Å². The van der Waals surface area contributed by atoms with Gasteiger partial charge in [0.25, 0.3) is 11.5 Å². The summed E-state index contributed by atoms with van der Waals surface area (Å²) in [6.07, 6.45) is 2.57. The molecule has 1 unspecified atom stereocenters. The van der Waals surface area contributed by atoms with E-state index in [2.05, 4.69) is 15.3 Å². The quantitative estimate of drug-likeness (QED) is 0.851.